The molecule has 81 heavy (non-hydrogen) atoms. The number of aliphatic hydroxyl groups excluding tert-OH is 1. The molecule has 0 fully saturated rings. The van der Waals surface area contributed by atoms with E-state index in [4.69, 9.17) is 86.3 Å². The van der Waals surface area contributed by atoms with Gasteiger partial charge in [-0.05, 0) is 66.6 Å². The maximum Gasteiger partial charge on any atom is 2.00 e. The molecule has 4 aromatic heterocycles. The van der Waals surface area contributed by atoms with Crippen molar-refractivity contribution in [2.75, 3.05) is 6.61 Å². The van der Waals surface area contributed by atoms with Gasteiger partial charge in [-0.3, -0.25) is 29.7 Å². The first-order valence-electron chi connectivity index (χ1n) is 23.8. The average Bonchev–Trinajstić information content (AvgIpc) is 3.41. The summed E-state index contributed by atoms with van der Waals surface area (Å²) in [7, 11) is 0. The van der Waals surface area contributed by atoms with Gasteiger partial charge in [-0.2, -0.15) is 0 Å². The summed E-state index contributed by atoms with van der Waals surface area (Å²) < 4.78 is 0. The van der Waals surface area contributed by atoms with E-state index in [0.717, 1.165) is 84.1 Å². The number of aliphatic hydroxyl groups is 1. The molecule has 0 saturated heterocycles. The van der Waals surface area contributed by atoms with Crippen molar-refractivity contribution in [1.29, 1.82) is 0 Å². The van der Waals surface area contributed by atoms with Crippen LogP contribution >= 0.6 is 0 Å². The second-order valence-electron chi connectivity index (χ2n) is 16.5. The minimum absolute atomic E-state index is 0. The average molecular weight is 1200 g/mol. The molecule has 0 aliphatic carbocycles. The van der Waals surface area contributed by atoms with E-state index in [9.17, 15) is 0 Å². The Morgan fingerprint density at radius 1 is 0.321 bits per heavy atom. The molecule has 0 saturated carbocycles. The molecule has 10 aromatic rings. The van der Waals surface area contributed by atoms with Gasteiger partial charge in [0.2, 0.25) is 0 Å². The Bertz CT molecular complexity index is 3060. The fourth-order valence-corrected chi connectivity index (χ4v) is 7.72. The number of nitrogens with zero attached hydrogens (tertiary/aromatic N) is 10. The van der Waals surface area contributed by atoms with E-state index >= 15 is 0 Å². The third-order valence-corrected chi connectivity index (χ3v) is 10.7. The Morgan fingerprint density at radius 3 is 0.716 bits per heavy atom. The minimum atomic E-state index is -1.75. The number of rotatable bonds is 12. The third kappa shape index (κ3) is 27.2. The molecule has 0 aliphatic rings. The number of pyridine rings is 4. The first-order chi connectivity index (χ1) is 38.0. The standard InChI is InChI=1S/2C27H23N3.C2H6O.2Cu.4NO3/c2*1-2-8-21(9-3-1)18-30(19-24-16-14-22-10-4-6-12-26(22)28-24)20-25-17-15-23-11-5-7-13-27(23)29-25;1-2-3;;;4*2-1(3)4/h2*1-17H,18-20H2;3H,2H2,1H3;;;;;;/q;;;2*+2;4*-1. The van der Waals surface area contributed by atoms with Gasteiger partial charge in [0.15, 0.2) is 0 Å². The molecule has 0 spiro atoms. The smallest absolute Gasteiger partial charge is 0.397 e. The molecule has 0 bridgehead atoms. The van der Waals surface area contributed by atoms with Gasteiger partial charge in [-0.25, -0.2) is 0 Å². The molecule has 6 aromatic carbocycles. The van der Waals surface area contributed by atoms with Crippen molar-refractivity contribution in [3.05, 3.63) is 301 Å². The van der Waals surface area contributed by atoms with Gasteiger partial charge >= 0.3 is 34.1 Å². The summed E-state index contributed by atoms with van der Waals surface area (Å²) in [4.78, 5) is 57.4. The van der Waals surface area contributed by atoms with Gasteiger partial charge in [-0.1, -0.05) is 158 Å². The van der Waals surface area contributed by atoms with Gasteiger partial charge in [0, 0.05) is 67.4 Å². The second-order valence-corrected chi connectivity index (χ2v) is 16.5. The fourth-order valence-electron chi connectivity index (χ4n) is 7.72. The zero-order valence-corrected chi connectivity index (χ0v) is 44.9. The molecule has 23 nitrogen and oxygen atoms in total. The van der Waals surface area contributed by atoms with Crippen LogP contribution in [0.1, 0.15) is 40.8 Å². The summed E-state index contributed by atoms with van der Waals surface area (Å²) in [5.74, 6) is 0. The number of fused-ring (bicyclic) bond motifs is 4. The van der Waals surface area contributed by atoms with E-state index in [2.05, 4.69) is 192 Å². The Kier molecular flexibility index (Phi) is 31.4. The van der Waals surface area contributed by atoms with Crippen molar-refractivity contribution < 1.29 is 59.6 Å². The Labute approximate surface area is 484 Å². The van der Waals surface area contributed by atoms with E-state index in [1.807, 2.05) is 24.3 Å². The largest absolute Gasteiger partial charge is 2.00 e. The van der Waals surface area contributed by atoms with E-state index in [1.165, 1.54) is 32.7 Å². The van der Waals surface area contributed by atoms with E-state index < -0.39 is 20.3 Å². The monoisotopic (exact) mass is 1200 g/mol. The summed E-state index contributed by atoms with van der Waals surface area (Å²) in [5.41, 5.74) is 11.0. The molecule has 426 valence electrons. The minimum Gasteiger partial charge on any atom is -0.397 e. The molecule has 0 atom stereocenters. The number of hydrogen-bond donors (Lipinski definition) is 1. The van der Waals surface area contributed by atoms with Crippen LogP contribution in [-0.4, -0.2) is 61.8 Å². The first kappa shape index (κ1) is 67.8. The first-order valence-corrected chi connectivity index (χ1v) is 23.8. The van der Waals surface area contributed by atoms with Crippen LogP contribution in [0.5, 0.6) is 0 Å². The predicted octanol–water partition coefficient (Wildman–Crippen LogP) is 11.0. The molecule has 0 unspecified atom stereocenters. The zero-order chi connectivity index (χ0) is 57.4. The van der Waals surface area contributed by atoms with Crippen molar-refractivity contribution in [3.8, 4) is 0 Å². The molecule has 0 aliphatic heterocycles. The maximum absolute atomic E-state index is 8.25. The molecular weight excluding hydrogens is 1150 g/mol. The van der Waals surface area contributed by atoms with Crippen LogP contribution in [0.25, 0.3) is 43.6 Å². The zero-order valence-electron chi connectivity index (χ0n) is 43.0. The fraction of sp³-hybridized carbons (Fsp3) is 0.143. The van der Waals surface area contributed by atoms with Crippen LogP contribution in [0.3, 0.4) is 0 Å². The topological polar surface area (TPSA) is 343 Å². The summed E-state index contributed by atoms with van der Waals surface area (Å²) in [5, 5.41) is 71.3. The van der Waals surface area contributed by atoms with Crippen molar-refractivity contribution in [2.24, 2.45) is 0 Å². The summed E-state index contributed by atoms with van der Waals surface area (Å²) in [6, 6.07) is 71.5. The van der Waals surface area contributed by atoms with E-state index in [0.29, 0.717) is 0 Å². The molecular formula is C56H52Cu2N10O13. The molecule has 25 heteroatoms. The van der Waals surface area contributed by atoms with Crippen molar-refractivity contribution >= 4 is 43.6 Å². The normalized spacial score (nSPS) is 9.83. The van der Waals surface area contributed by atoms with Crippen LogP contribution in [0.15, 0.2) is 206 Å². The van der Waals surface area contributed by atoms with Crippen LogP contribution in [0.4, 0.5) is 0 Å². The summed E-state index contributed by atoms with van der Waals surface area (Å²) >= 11 is 0. The molecule has 0 amide bonds. The number of benzene rings is 6. The second kappa shape index (κ2) is 37.5. The summed E-state index contributed by atoms with van der Waals surface area (Å²) in [6.07, 6.45) is 0. The SMILES string of the molecule is CCO.O=[N+]([O-])[O-].O=[N+]([O-])[O-].O=[N+]([O-])[O-].O=[N+]([O-])[O-].[Cu+2].[Cu+2].c1ccc(CN(Cc2ccc3ccccc3n2)Cc2ccc3ccccc3n2)cc1.c1ccc(CN(Cc2ccc3ccccc3n2)Cc2ccc3ccccc3n2)cc1. The van der Waals surface area contributed by atoms with Gasteiger partial charge in [0.1, 0.15) is 0 Å². The van der Waals surface area contributed by atoms with Crippen molar-refractivity contribution in [3.63, 3.8) is 0 Å². The number of para-hydroxylation sites is 4. The van der Waals surface area contributed by atoms with Gasteiger partial charge < -0.3 is 66.4 Å². The van der Waals surface area contributed by atoms with Crippen LogP contribution in [0.2, 0.25) is 0 Å². The van der Waals surface area contributed by atoms with Crippen LogP contribution in [-0.2, 0) is 73.4 Å². The number of aromatic nitrogens is 4. The van der Waals surface area contributed by atoms with Crippen molar-refractivity contribution in [1.82, 2.24) is 29.7 Å². The van der Waals surface area contributed by atoms with E-state index in [-0.39, 0.29) is 40.7 Å². The predicted molar refractivity (Wildman–Crippen MR) is 300 cm³/mol. The molecule has 10 rings (SSSR count). The summed E-state index contributed by atoms with van der Waals surface area (Å²) in [6.45, 7) is 6.72. The maximum atomic E-state index is 8.25. The Morgan fingerprint density at radius 2 is 0.506 bits per heavy atom. The van der Waals surface area contributed by atoms with Crippen LogP contribution in [0, 0.1) is 61.3 Å². The van der Waals surface area contributed by atoms with Crippen LogP contribution < -0.4 is 0 Å². The van der Waals surface area contributed by atoms with Gasteiger partial charge in [-0.15, -0.1) is 0 Å². The third-order valence-electron chi connectivity index (χ3n) is 10.7. The Hall–Kier alpha value is -9.32. The molecule has 1 N–H and O–H groups in total. The van der Waals surface area contributed by atoms with Gasteiger partial charge in [0.25, 0.3) is 0 Å². The van der Waals surface area contributed by atoms with E-state index in [1.54, 1.807) is 6.92 Å². The molecule has 4 heterocycles. The van der Waals surface area contributed by atoms with Gasteiger partial charge in [0.05, 0.1) is 65.2 Å². The number of hydrogen-bond acceptors (Lipinski definition) is 19. The quantitative estimate of drug-likeness (QED) is 0.0674. The van der Waals surface area contributed by atoms with Crippen molar-refractivity contribution in [2.45, 2.75) is 46.2 Å². The Balaban J connectivity index is 0.000000414. The molecule has 2 radical (unpaired) electrons.